The van der Waals surface area contributed by atoms with Crippen LogP contribution in [0.4, 0.5) is 0 Å². The standard InChI is InChI=1S/C10H11NO3S/c1-7(12)11-15-9-6-4-3-5-8(9)10(13)14-2/h3-6H,1-2H3,(H,11,12). The van der Waals surface area contributed by atoms with Crippen molar-refractivity contribution >= 4 is 23.8 Å². The minimum Gasteiger partial charge on any atom is -0.465 e. The number of benzene rings is 1. The maximum Gasteiger partial charge on any atom is 0.339 e. The molecule has 0 unspecified atom stereocenters. The molecule has 1 aromatic rings. The SMILES string of the molecule is COC(=O)c1ccccc1SNC(C)=O. The minimum absolute atomic E-state index is 0.167. The Hall–Kier alpha value is -1.49. The van der Waals surface area contributed by atoms with Crippen molar-refractivity contribution in [2.75, 3.05) is 7.11 Å². The van der Waals surface area contributed by atoms with Crippen molar-refractivity contribution in [3.8, 4) is 0 Å². The van der Waals surface area contributed by atoms with Gasteiger partial charge in [-0.15, -0.1) is 0 Å². The van der Waals surface area contributed by atoms with Gasteiger partial charge in [-0.25, -0.2) is 4.79 Å². The Labute approximate surface area is 92.1 Å². The van der Waals surface area contributed by atoms with Crippen LogP contribution < -0.4 is 4.72 Å². The highest BCUT2D eigenvalue weighted by atomic mass is 32.2. The molecule has 0 fully saturated rings. The first-order valence-electron chi connectivity index (χ1n) is 4.26. The Morgan fingerprint density at radius 3 is 2.60 bits per heavy atom. The summed E-state index contributed by atoms with van der Waals surface area (Å²) >= 11 is 1.10. The second kappa shape index (κ2) is 5.41. The topological polar surface area (TPSA) is 55.4 Å². The van der Waals surface area contributed by atoms with Crippen molar-refractivity contribution < 1.29 is 14.3 Å². The summed E-state index contributed by atoms with van der Waals surface area (Å²) in [6, 6.07) is 6.92. The average Bonchev–Trinajstić information content (AvgIpc) is 2.25. The van der Waals surface area contributed by atoms with Crippen molar-refractivity contribution in [1.29, 1.82) is 0 Å². The first-order chi connectivity index (χ1) is 7.15. The largest absolute Gasteiger partial charge is 0.465 e. The van der Waals surface area contributed by atoms with Crippen LogP contribution in [0.25, 0.3) is 0 Å². The summed E-state index contributed by atoms with van der Waals surface area (Å²) in [6.45, 7) is 1.41. The smallest absolute Gasteiger partial charge is 0.339 e. The van der Waals surface area contributed by atoms with Crippen LogP contribution in [0.1, 0.15) is 17.3 Å². The summed E-state index contributed by atoms with van der Waals surface area (Å²) < 4.78 is 7.17. The van der Waals surface area contributed by atoms with Crippen LogP contribution in [0.2, 0.25) is 0 Å². The number of rotatable bonds is 3. The van der Waals surface area contributed by atoms with E-state index in [1.54, 1.807) is 24.3 Å². The molecule has 0 aliphatic carbocycles. The highest BCUT2D eigenvalue weighted by molar-refractivity contribution is 7.98. The third kappa shape index (κ3) is 3.28. The van der Waals surface area contributed by atoms with Gasteiger partial charge in [0.15, 0.2) is 0 Å². The number of carbonyl (C=O) groups excluding carboxylic acids is 2. The molecule has 1 rings (SSSR count). The van der Waals surface area contributed by atoms with Crippen LogP contribution in [0.3, 0.4) is 0 Å². The molecule has 15 heavy (non-hydrogen) atoms. The monoisotopic (exact) mass is 225 g/mol. The molecule has 0 saturated carbocycles. The molecule has 0 aromatic heterocycles. The van der Waals surface area contributed by atoms with Gasteiger partial charge < -0.3 is 4.74 Å². The van der Waals surface area contributed by atoms with Gasteiger partial charge in [0.2, 0.25) is 5.91 Å². The quantitative estimate of drug-likeness (QED) is 0.627. The number of esters is 1. The molecule has 0 bridgehead atoms. The highest BCUT2D eigenvalue weighted by Gasteiger charge is 2.11. The molecule has 1 amide bonds. The van der Waals surface area contributed by atoms with E-state index >= 15 is 0 Å². The Balaban J connectivity index is 2.86. The Morgan fingerprint density at radius 2 is 2.00 bits per heavy atom. The third-order valence-electron chi connectivity index (χ3n) is 1.60. The highest BCUT2D eigenvalue weighted by Crippen LogP contribution is 2.20. The first-order valence-corrected chi connectivity index (χ1v) is 5.07. The van der Waals surface area contributed by atoms with E-state index in [2.05, 4.69) is 9.46 Å². The van der Waals surface area contributed by atoms with Gasteiger partial charge in [-0.05, 0) is 24.1 Å². The molecule has 0 saturated heterocycles. The van der Waals surface area contributed by atoms with Crippen molar-refractivity contribution in [2.45, 2.75) is 11.8 Å². The number of hydrogen-bond acceptors (Lipinski definition) is 4. The second-order valence-electron chi connectivity index (χ2n) is 2.75. The maximum absolute atomic E-state index is 11.3. The van der Waals surface area contributed by atoms with E-state index in [0.717, 1.165) is 11.9 Å². The molecule has 80 valence electrons. The summed E-state index contributed by atoms with van der Waals surface area (Å²) in [7, 11) is 1.32. The molecule has 0 aliphatic rings. The Kier molecular flexibility index (Phi) is 4.17. The fraction of sp³-hybridized carbons (Fsp3) is 0.200. The number of hydrogen-bond donors (Lipinski definition) is 1. The molecule has 0 aliphatic heterocycles. The van der Waals surface area contributed by atoms with Gasteiger partial charge >= 0.3 is 5.97 Å². The van der Waals surface area contributed by atoms with E-state index in [9.17, 15) is 9.59 Å². The van der Waals surface area contributed by atoms with E-state index in [1.807, 2.05) is 0 Å². The number of methoxy groups -OCH3 is 1. The van der Waals surface area contributed by atoms with Gasteiger partial charge in [0.1, 0.15) is 0 Å². The van der Waals surface area contributed by atoms with E-state index in [0.29, 0.717) is 10.5 Å². The molecule has 1 aromatic carbocycles. The second-order valence-corrected chi connectivity index (χ2v) is 3.60. The number of ether oxygens (including phenoxy) is 1. The van der Waals surface area contributed by atoms with E-state index in [1.165, 1.54) is 14.0 Å². The van der Waals surface area contributed by atoms with Crippen LogP contribution in [-0.2, 0) is 9.53 Å². The average molecular weight is 225 g/mol. The predicted octanol–water partition coefficient (Wildman–Crippen LogP) is 1.62. The fourth-order valence-corrected chi connectivity index (χ4v) is 1.62. The van der Waals surface area contributed by atoms with Gasteiger partial charge in [0.25, 0.3) is 0 Å². The zero-order valence-electron chi connectivity index (χ0n) is 8.44. The molecule has 0 atom stereocenters. The third-order valence-corrected chi connectivity index (χ3v) is 2.56. The summed E-state index contributed by atoms with van der Waals surface area (Å²) in [5.41, 5.74) is 0.443. The van der Waals surface area contributed by atoms with Crippen molar-refractivity contribution in [1.82, 2.24) is 4.72 Å². The number of carbonyl (C=O) groups is 2. The lowest BCUT2D eigenvalue weighted by Gasteiger charge is -2.06. The summed E-state index contributed by atoms with van der Waals surface area (Å²) in [5, 5.41) is 0. The molecular formula is C10H11NO3S. The Morgan fingerprint density at radius 1 is 1.33 bits per heavy atom. The molecule has 1 N–H and O–H groups in total. The Bertz CT molecular complexity index is 379. The fourth-order valence-electron chi connectivity index (χ4n) is 0.961. The molecule has 4 nitrogen and oxygen atoms in total. The number of amides is 1. The molecule has 0 heterocycles. The summed E-state index contributed by atoms with van der Waals surface area (Å²) in [4.78, 5) is 22.7. The van der Waals surface area contributed by atoms with Crippen LogP contribution >= 0.6 is 11.9 Å². The summed E-state index contributed by atoms with van der Waals surface area (Å²) in [5.74, 6) is -0.580. The van der Waals surface area contributed by atoms with Gasteiger partial charge in [0.05, 0.1) is 12.7 Å². The van der Waals surface area contributed by atoms with E-state index in [-0.39, 0.29) is 5.91 Å². The molecule has 0 radical (unpaired) electrons. The normalized spacial score (nSPS) is 9.47. The van der Waals surface area contributed by atoms with E-state index < -0.39 is 5.97 Å². The lowest BCUT2D eigenvalue weighted by Crippen LogP contribution is -2.11. The molecule has 5 heteroatoms. The number of nitrogens with one attached hydrogen (secondary N) is 1. The molecular weight excluding hydrogens is 214 g/mol. The van der Waals surface area contributed by atoms with Gasteiger partial charge in [0, 0.05) is 11.8 Å². The lowest BCUT2D eigenvalue weighted by atomic mass is 10.2. The van der Waals surface area contributed by atoms with Gasteiger partial charge in [-0.3, -0.25) is 9.52 Å². The van der Waals surface area contributed by atoms with Gasteiger partial charge in [-0.1, -0.05) is 12.1 Å². The maximum atomic E-state index is 11.3. The minimum atomic E-state index is -0.413. The zero-order chi connectivity index (χ0) is 11.3. The first kappa shape index (κ1) is 11.6. The zero-order valence-corrected chi connectivity index (χ0v) is 9.26. The van der Waals surface area contributed by atoms with Crippen molar-refractivity contribution in [3.63, 3.8) is 0 Å². The van der Waals surface area contributed by atoms with Crippen LogP contribution in [0.5, 0.6) is 0 Å². The van der Waals surface area contributed by atoms with Crippen LogP contribution in [-0.4, -0.2) is 19.0 Å². The van der Waals surface area contributed by atoms with Crippen LogP contribution in [0.15, 0.2) is 29.2 Å². The van der Waals surface area contributed by atoms with E-state index in [4.69, 9.17) is 0 Å². The van der Waals surface area contributed by atoms with Gasteiger partial charge in [-0.2, -0.15) is 0 Å². The predicted molar refractivity (Wildman–Crippen MR) is 57.5 cm³/mol. The van der Waals surface area contributed by atoms with Crippen LogP contribution in [0, 0.1) is 0 Å². The summed E-state index contributed by atoms with van der Waals surface area (Å²) in [6.07, 6.45) is 0. The van der Waals surface area contributed by atoms with Crippen molar-refractivity contribution in [3.05, 3.63) is 29.8 Å². The lowest BCUT2D eigenvalue weighted by molar-refractivity contribution is -0.117. The van der Waals surface area contributed by atoms with Crippen molar-refractivity contribution in [2.24, 2.45) is 0 Å². The molecule has 0 spiro atoms.